The number of nitrogens with zero attached hydrogens (tertiary/aromatic N) is 1. The molecule has 3 heteroatoms. The highest BCUT2D eigenvalue weighted by atomic mass is 35.5. The normalized spacial score (nSPS) is 12.3. The monoisotopic (exact) mass is 260 g/mol. The lowest BCUT2D eigenvalue weighted by Crippen LogP contribution is -2.21. The van der Waals surface area contributed by atoms with Crippen LogP contribution in [0.1, 0.15) is 24.1 Å². The van der Waals surface area contributed by atoms with E-state index < -0.39 is 0 Å². The standard InChI is InChI=1S/C15H17ClN2/c1-12(14-5-2-6-15(16)10-14)18-9-7-13-4-3-8-17-11-13/h2-6,8,10-12,18H,7,9H2,1H3. The van der Waals surface area contributed by atoms with Gasteiger partial charge in [-0.2, -0.15) is 0 Å². The molecule has 0 aliphatic carbocycles. The zero-order valence-electron chi connectivity index (χ0n) is 10.4. The molecule has 2 nitrogen and oxygen atoms in total. The molecule has 1 atom stereocenters. The molecule has 94 valence electrons. The maximum Gasteiger partial charge on any atom is 0.0409 e. The Bertz CT molecular complexity index is 485. The van der Waals surface area contributed by atoms with E-state index in [2.05, 4.69) is 29.4 Å². The second kappa shape index (κ2) is 6.53. The van der Waals surface area contributed by atoms with Crippen LogP contribution in [0.4, 0.5) is 0 Å². The second-order valence-corrected chi connectivity index (χ2v) is 4.78. The molecule has 0 saturated carbocycles. The average Bonchev–Trinajstić information content (AvgIpc) is 2.40. The van der Waals surface area contributed by atoms with Crippen LogP contribution in [0.2, 0.25) is 5.02 Å². The Kier molecular flexibility index (Phi) is 4.73. The molecule has 2 rings (SSSR count). The van der Waals surface area contributed by atoms with Crippen LogP contribution in [-0.4, -0.2) is 11.5 Å². The maximum absolute atomic E-state index is 5.98. The summed E-state index contributed by atoms with van der Waals surface area (Å²) in [6, 6.07) is 12.3. The van der Waals surface area contributed by atoms with Crippen LogP contribution in [0.15, 0.2) is 48.8 Å². The molecule has 1 unspecified atom stereocenters. The molecule has 1 N–H and O–H groups in total. The van der Waals surface area contributed by atoms with Crippen molar-refractivity contribution < 1.29 is 0 Å². The van der Waals surface area contributed by atoms with Crippen LogP contribution in [0.25, 0.3) is 0 Å². The molecular weight excluding hydrogens is 244 g/mol. The van der Waals surface area contributed by atoms with Crippen LogP contribution in [0.3, 0.4) is 0 Å². The third-order valence-corrected chi connectivity index (χ3v) is 3.17. The van der Waals surface area contributed by atoms with E-state index in [-0.39, 0.29) is 0 Å². The largest absolute Gasteiger partial charge is 0.310 e. The first-order valence-corrected chi connectivity index (χ1v) is 6.51. The lowest BCUT2D eigenvalue weighted by atomic mass is 10.1. The van der Waals surface area contributed by atoms with Crippen molar-refractivity contribution in [2.45, 2.75) is 19.4 Å². The predicted octanol–water partition coefficient (Wildman–Crippen LogP) is 3.63. The molecule has 0 aliphatic rings. The van der Waals surface area contributed by atoms with Crippen LogP contribution < -0.4 is 5.32 Å². The molecule has 2 aromatic rings. The van der Waals surface area contributed by atoms with Gasteiger partial charge in [0.15, 0.2) is 0 Å². The summed E-state index contributed by atoms with van der Waals surface area (Å²) in [5, 5.41) is 4.27. The summed E-state index contributed by atoms with van der Waals surface area (Å²) in [5.41, 5.74) is 2.47. The fourth-order valence-electron chi connectivity index (χ4n) is 1.87. The van der Waals surface area contributed by atoms with Gasteiger partial charge in [-0.3, -0.25) is 4.98 Å². The molecule has 0 saturated heterocycles. The van der Waals surface area contributed by atoms with Gasteiger partial charge in [0, 0.05) is 23.5 Å². The SMILES string of the molecule is CC(NCCc1cccnc1)c1cccc(Cl)c1. The molecule has 18 heavy (non-hydrogen) atoms. The summed E-state index contributed by atoms with van der Waals surface area (Å²) >= 11 is 5.98. The van der Waals surface area contributed by atoms with Crippen LogP contribution >= 0.6 is 11.6 Å². The fourth-order valence-corrected chi connectivity index (χ4v) is 2.07. The smallest absolute Gasteiger partial charge is 0.0409 e. The summed E-state index contributed by atoms with van der Waals surface area (Å²) in [7, 11) is 0. The zero-order chi connectivity index (χ0) is 12.8. The summed E-state index contributed by atoms with van der Waals surface area (Å²) in [5.74, 6) is 0. The molecule has 1 aromatic carbocycles. The number of hydrogen-bond donors (Lipinski definition) is 1. The minimum absolute atomic E-state index is 0.306. The number of hydrogen-bond acceptors (Lipinski definition) is 2. The molecule has 1 heterocycles. The lowest BCUT2D eigenvalue weighted by molar-refractivity contribution is 0.576. The molecular formula is C15H17ClN2. The number of rotatable bonds is 5. The third kappa shape index (κ3) is 3.83. The van der Waals surface area contributed by atoms with E-state index >= 15 is 0 Å². The Morgan fingerprint density at radius 2 is 2.17 bits per heavy atom. The number of nitrogens with one attached hydrogen (secondary N) is 1. The number of halogens is 1. The van der Waals surface area contributed by atoms with Crippen LogP contribution in [-0.2, 0) is 6.42 Å². The molecule has 1 aromatic heterocycles. The quantitative estimate of drug-likeness (QED) is 0.888. The van der Waals surface area contributed by atoms with Gasteiger partial charge in [-0.25, -0.2) is 0 Å². The van der Waals surface area contributed by atoms with E-state index in [9.17, 15) is 0 Å². The maximum atomic E-state index is 5.98. The van der Waals surface area contributed by atoms with Gasteiger partial charge >= 0.3 is 0 Å². The van der Waals surface area contributed by atoms with E-state index in [1.54, 1.807) is 6.20 Å². The van der Waals surface area contributed by atoms with Crippen molar-refractivity contribution in [3.63, 3.8) is 0 Å². The summed E-state index contributed by atoms with van der Waals surface area (Å²) < 4.78 is 0. The van der Waals surface area contributed by atoms with Gasteiger partial charge in [-0.1, -0.05) is 29.8 Å². The summed E-state index contributed by atoms with van der Waals surface area (Å²) in [6.45, 7) is 3.08. The minimum atomic E-state index is 0.306. The second-order valence-electron chi connectivity index (χ2n) is 4.34. The molecule has 0 amide bonds. The average molecular weight is 261 g/mol. The van der Waals surface area contributed by atoms with E-state index in [4.69, 9.17) is 11.6 Å². The molecule has 0 spiro atoms. The Morgan fingerprint density at radius 1 is 1.28 bits per heavy atom. The van der Waals surface area contributed by atoms with Gasteiger partial charge in [0.1, 0.15) is 0 Å². The van der Waals surface area contributed by atoms with Crippen molar-refractivity contribution in [1.82, 2.24) is 10.3 Å². The van der Waals surface area contributed by atoms with Gasteiger partial charge in [0.05, 0.1) is 0 Å². The highest BCUT2D eigenvalue weighted by Crippen LogP contribution is 2.17. The van der Waals surface area contributed by atoms with Gasteiger partial charge in [-0.05, 0) is 49.2 Å². The highest BCUT2D eigenvalue weighted by Gasteiger charge is 2.04. The summed E-state index contributed by atoms with van der Waals surface area (Å²) in [6.07, 6.45) is 4.69. The first-order chi connectivity index (χ1) is 8.75. The first-order valence-electron chi connectivity index (χ1n) is 6.13. The number of aromatic nitrogens is 1. The first kappa shape index (κ1) is 13.1. The van der Waals surface area contributed by atoms with Crippen molar-refractivity contribution in [3.05, 3.63) is 64.9 Å². The van der Waals surface area contributed by atoms with E-state index in [1.807, 2.05) is 30.5 Å². The topological polar surface area (TPSA) is 24.9 Å². The van der Waals surface area contributed by atoms with Crippen LogP contribution in [0.5, 0.6) is 0 Å². The van der Waals surface area contributed by atoms with Crippen molar-refractivity contribution in [2.24, 2.45) is 0 Å². The molecule has 0 radical (unpaired) electrons. The van der Waals surface area contributed by atoms with E-state index in [0.29, 0.717) is 6.04 Å². The number of pyridine rings is 1. The molecule has 0 bridgehead atoms. The fraction of sp³-hybridized carbons (Fsp3) is 0.267. The molecule has 0 fully saturated rings. The van der Waals surface area contributed by atoms with Crippen molar-refractivity contribution in [1.29, 1.82) is 0 Å². The minimum Gasteiger partial charge on any atom is -0.310 e. The summed E-state index contributed by atoms with van der Waals surface area (Å²) in [4.78, 5) is 4.11. The van der Waals surface area contributed by atoms with Crippen molar-refractivity contribution in [3.8, 4) is 0 Å². The van der Waals surface area contributed by atoms with Gasteiger partial charge in [0.2, 0.25) is 0 Å². The van der Waals surface area contributed by atoms with Gasteiger partial charge < -0.3 is 5.32 Å². The van der Waals surface area contributed by atoms with Crippen molar-refractivity contribution >= 4 is 11.6 Å². The zero-order valence-corrected chi connectivity index (χ0v) is 11.2. The Morgan fingerprint density at radius 3 is 2.89 bits per heavy atom. The predicted molar refractivity (Wildman–Crippen MR) is 75.8 cm³/mol. The Balaban J connectivity index is 1.83. The highest BCUT2D eigenvalue weighted by molar-refractivity contribution is 6.30. The van der Waals surface area contributed by atoms with E-state index in [1.165, 1.54) is 11.1 Å². The van der Waals surface area contributed by atoms with Crippen molar-refractivity contribution in [2.75, 3.05) is 6.54 Å². The van der Waals surface area contributed by atoms with E-state index in [0.717, 1.165) is 18.0 Å². The third-order valence-electron chi connectivity index (χ3n) is 2.94. The van der Waals surface area contributed by atoms with Gasteiger partial charge in [-0.15, -0.1) is 0 Å². The number of benzene rings is 1. The Hall–Kier alpha value is -1.38. The Labute approximate surface area is 113 Å². The molecule has 0 aliphatic heterocycles. The van der Waals surface area contributed by atoms with Gasteiger partial charge in [0.25, 0.3) is 0 Å². The van der Waals surface area contributed by atoms with Crippen LogP contribution in [0, 0.1) is 0 Å². The lowest BCUT2D eigenvalue weighted by Gasteiger charge is -2.14.